The van der Waals surface area contributed by atoms with E-state index >= 15 is 0 Å². The van der Waals surface area contributed by atoms with Crippen LogP contribution in [-0.2, 0) is 7.05 Å². The van der Waals surface area contributed by atoms with E-state index in [4.69, 9.17) is 5.73 Å². The van der Waals surface area contributed by atoms with Crippen LogP contribution in [0.25, 0.3) is 22.2 Å². The minimum Gasteiger partial charge on any atom is -0.396 e. The van der Waals surface area contributed by atoms with Gasteiger partial charge in [-0.05, 0) is 19.1 Å². The van der Waals surface area contributed by atoms with Crippen molar-refractivity contribution in [3.8, 4) is 11.3 Å². The lowest BCUT2D eigenvalue weighted by Crippen LogP contribution is -1.95. The smallest absolute Gasteiger partial charge is 0.0930 e. The maximum atomic E-state index is 5.96. The van der Waals surface area contributed by atoms with E-state index in [1.165, 1.54) is 10.9 Å². The molecule has 0 unspecified atom stereocenters. The van der Waals surface area contributed by atoms with Crippen LogP contribution in [0.5, 0.6) is 0 Å². The van der Waals surface area contributed by atoms with Crippen LogP contribution >= 0.6 is 0 Å². The molecule has 2 aromatic heterocycles. The zero-order chi connectivity index (χ0) is 12.0. The van der Waals surface area contributed by atoms with Crippen LogP contribution in [0, 0.1) is 6.92 Å². The summed E-state index contributed by atoms with van der Waals surface area (Å²) in [6.45, 7) is 2.09. The highest BCUT2D eigenvalue weighted by molar-refractivity contribution is 5.97. The summed E-state index contributed by atoms with van der Waals surface area (Å²) < 4.78 is 1.81. The van der Waals surface area contributed by atoms with Crippen molar-refractivity contribution in [2.24, 2.45) is 7.05 Å². The number of hydrogen-bond donors (Lipinski definition) is 2. The van der Waals surface area contributed by atoms with Crippen LogP contribution in [0.1, 0.15) is 5.56 Å². The number of nitrogen functional groups attached to an aromatic ring is 1. The Kier molecular flexibility index (Phi) is 1.98. The highest BCUT2D eigenvalue weighted by atomic mass is 15.3. The fourth-order valence-corrected chi connectivity index (χ4v) is 2.21. The quantitative estimate of drug-likeness (QED) is 0.669. The number of nitrogens with zero attached hydrogens (tertiary/aromatic N) is 2. The second kappa shape index (κ2) is 3.38. The molecule has 0 bridgehead atoms. The summed E-state index contributed by atoms with van der Waals surface area (Å²) in [5.41, 5.74) is 11.1. The van der Waals surface area contributed by atoms with E-state index in [2.05, 4.69) is 35.2 Å². The predicted molar refractivity (Wildman–Crippen MR) is 69.7 cm³/mol. The fourth-order valence-electron chi connectivity index (χ4n) is 2.21. The molecule has 86 valence electrons. The van der Waals surface area contributed by atoms with Crippen LogP contribution in [0.3, 0.4) is 0 Å². The molecule has 1 aromatic carbocycles. The van der Waals surface area contributed by atoms with E-state index in [1.54, 1.807) is 10.9 Å². The summed E-state index contributed by atoms with van der Waals surface area (Å²) in [5, 5.41) is 5.36. The van der Waals surface area contributed by atoms with Crippen molar-refractivity contribution in [3.05, 3.63) is 36.2 Å². The molecule has 3 rings (SSSR count). The largest absolute Gasteiger partial charge is 0.396 e. The standard InChI is InChI=1S/C13H14N4/c1-8-3-4-12-9(5-8)10(6-15-12)13-11(14)7-16-17(13)2/h3-7,15H,14H2,1-2H3. The number of nitrogens with one attached hydrogen (secondary N) is 1. The van der Waals surface area contributed by atoms with Gasteiger partial charge in [-0.2, -0.15) is 5.10 Å². The molecule has 3 N–H and O–H groups in total. The van der Waals surface area contributed by atoms with Gasteiger partial charge in [0.15, 0.2) is 0 Å². The van der Waals surface area contributed by atoms with Crippen LogP contribution in [0.15, 0.2) is 30.6 Å². The monoisotopic (exact) mass is 226 g/mol. The van der Waals surface area contributed by atoms with E-state index in [0.29, 0.717) is 5.69 Å². The number of fused-ring (bicyclic) bond motifs is 1. The van der Waals surface area contributed by atoms with Gasteiger partial charge in [-0.1, -0.05) is 11.6 Å². The van der Waals surface area contributed by atoms with Crippen molar-refractivity contribution in [2.45, 2.75) is 6.92 Å². The molecule has 0 aliphatic rings. The summed E-state index contributed by atoms with van der Waals surface area (Å²) in [4.78, 5) is 3.26. The van der Waals surface area contributed by atoms with Gasteiger partial charge >= 0.3 is 0 Å². The van der Waals surface area contributed by atoms with Crippen molar-refractivity contribution in [2.75, 3.05) is 5.73 Å². The van der Waals surface area contributed by atoms with Crippen molar-refractivity contribution < 1.29 is 0 Å². The van der Waals surface area contributed by atoms with Gasteiger partial charge in [-0.15, -0.1) is 0 Å². The molecule has 3 aromatic rings. The third kappa shape index (κ3) is 1.41. The molecule has 0 fully saturated rings. The average molecular weight is 226 g/mol. The third-order valence-corrected chi connectivity index (χ3v) is 3.06. The SMILES string of the molecule is Cc1ccc2[nH]cc(-c3c(N)cnn3C)c2c1. The van der Waals surface area contributed by atoms with Gasteiger partial charge in [0.1, 0.15) is 0 Å². The van der Waals surface area contributed by atoms with Gasteiger partial charge in [0.05, 0.1) is 17.6 Å². The first-order valence-electron chi connectivity index (χ1n) is 5.52. The minimum absolute atomic E-state index is 0.704. The first-order valence-corrected chi connectivity index (χ1v) is 5.52. The van der Waals surface area contributed by atoms with E-state index in [-0.39, 0.29) is 0 Å². The highest BCUT2D eigenvalue weighted by Gasteiger charge is 2.12. The van der Waals surface area contributed by atoms with Crippen molar-refractivity contribution in [1.82, 2.24) is 14.8 Å². The second-order valence-corrected chi connectivity index (χ2v) is 4.32. The van der Waals surface area contributed by atoms with Gasteiger partial charge in [0.25, 0.3) is 0 Å². The van der Waals surface area contributed by atoms with Gasteiger partial charge in [0.2, 0.25) is 0 Å². The topological polar surface area (TPSA) is 59.6 Å². The first-order chi connectivity index (χ1) is 8.16. The number of aromatic nitrogens is 3. The normalized spacial score (nSPS) is 11.2. The van der Waals surface area contributed by atoms with Crippen LogP contribution in [-0.4, -0.2) is 14.8 Å². The van der Waals surface area contributed by atoms with E-state index in [1.807, 2.05) is 13.2 Å². The van der Waals surface area contributed by atoms with Gasteiger partial charge in [-0.25, -0.2) is 0 Å². The van der Waals surface area contributed by atoms with Crippen LogP contribution in [0.4, 0.5) is 5.69 Å². The summed E-state index contributed by atoms with van der Waals surface area (Å²) in [5.74, 6) is 0. The lowest BCUT2D eigenvalue weighted by atomic mass is 10.1. The Morgan fingerprint density at radius 1 is 1.35 bits per heavy atom. The zero-order valence-electron chi connectivity index (χ0n) is 9.86. The van der Waals surface area contributed by atoms with E-state index in [9.17, 15) is 0 Å². The van der Waals surface area contributed by atoms with Crippen LogP contribution < -0.4 is 5.73 Å². The summed E-state index contributed by atoms with van der Waals surface area (Å²) >= 11 is 0. The molecule has 0 radical (unpaired) electrons. The Morgan fingerprint density at radius 3 is 2.88 bits per heavy atom. The maximum Gasteiger partial charge on any atom is 0.0930 e. The first kappa shape index (κ1) is 9.96. The summed E-state index contributed by atoms with van der Waals surface area (Å²) in [6, 6.07) is 6.34. The van der Waals surface area contributed by atoms with E-state index < -0.39 is 0 Å². The molecular formula is C13H14N4. The molecule has 4 heteroatoms. The van der Waals surface area contributed by atoms with E-state index in [0.717, 1.165) is 16.8 Å². The number of H-pyrrole nitrogens is 1. The van der Waals surface area contributed by atoms with Crippen molar-refractivity contribution in [1.29, 1.82) is 0 Å². The fraction of sp³-hybridized carbons (Fsp3) is 0.154. The maximum absolute atomic E-state index is 5.96. The second-order valence-electron chi connectivity index (χ2n) is 4.32. The van der Waals surface area contributed by atoms with Gasteiger partial charge in [0, 0.05) is 29.7 Å². The number of aryl methyl sites for hydroxylation is 2. The average Bonchev–Trinajstić information content (AvgIpc) is 2.83. The van der Waals surface area contributed by atoms with Gasteiger partial charge < -0.3 is 10.7 Å². The predicted octanol–water partition coefficient (Wildman–Crippen LogP) is 2.46. The molecule has 0 aliphatic heterocycles. The third-order valence-electron chi connectivity index (χ3n) is 3.06. The molecule has 0 saturated heterocycles. The lowest BCUT2D eigenvalue weighted by Gasteiger charge is -2.02. The summed E-state index contributed by atoms with van der Waals surface area (Å²) in [6.07, 6.45) is 3.67. The molecule has 0 aliphatic carbocycles. The molecule has 0 amide bonds. The Bertz CT molecular complexity index is 671. The molecule has 4 nitrogen and oxygen atoms in total. The van der Waals surface area contributed by atoms with Gasteiger partial charge in [-0.3, -0.25) is 4.68 Å². The number of benzene rings is 1. The Labute approximate surface area is 99.1 Å². The lowest BCUT2D eigenvalue weighted by molar-refractivity contribution is 0.776. The molecule has 17 heavy (non-hydrogen) atoms. The highest BCUT2D eigenvalue weighted by Crippen LogP contribution is 2.32. The number of hydrogen-bond acceptors (Lipinski definition) is 2. The molecule has 0 atom stereocenters. The Balaban J connectivity index is 2.35. The van der Waals surface area contributed by atoms with Crippen molar-refractivity contribution >= 4 is 16.6 Å². The molecule has 2 heterocycles. The van der Waals surface area contributed by atoms with Crippen molar-refractivity contribution in [3.63, 3.8) is 0 Å². The molecular weight excluding hydrogens is 212 g/mol. The summed E-state index contributed by atoms with van der Waals surface area (Å²) in [7, 11) is 1.90. The molecule has 0 saturated carbocycles. The molecule has 0 spiro atoms. The van der Waals surface area contributed by atoms with Crippen LogP contribution in [0.2, 0.25) is 0 Å². The Hall–Kier alpha value is -2.23. The number of aromatic amines is 1. The number of rotatable bonds is 1. The Morgan fingerprint density at radius 2 is 2.18 bits per heavy atom. The minimum atomic E-state index is 0.704. The number of nitrogens with two attached hydrogens (primary N) is 1. The zero-order valence-corrected chi connectivity index (χ0v) is 9.86. The number of anilines is 1.